The topological polar surface area (TPSA) is 46.6 Å². The van der Waals surface area contributed by atoms with Crippen LogP contribution in [0.25, 0.3) is 0 Å². The molecule has 4 rings (SSSR count). The van der Waals surface area contributed by atoms with Gasteiger partial charge >= 0.3 is 0 Å². The molecule has 1 atom stereocenters. The summed E-state index contributed by atoms with van der Waals surface area (Å²) in [5.74, 6) is 0.732. The normalized spacial score (nSPS) is 22.4. The molecule has 1 amide bonds. The van der Waals surface area contributed by atoms with Crippen LogP contribution in [-0.4, -0.2) is 35.3 Å². The van der Waals surface area contributed by atoms with E-state index in [1.807, 2.05) is 42.5 Å². The highest BCUT2D eigenvalue weighted by atomic mass is 127. The van der Waals surface area contributed by atoms with Crippen molar-refractivity contribution < 1.29 is 14.3 Å². The lowest BCUT2D eigenvalue weighted by Crippen LogP contribution is -2.45. The van der Waals surface area contributed by atoms with E-state index in [0.717, 1.165) is 3.57 Å². The van der Waals surface area contributed by atoms with Gasteiger partial charge in [0, 0.05) is 22.1 Å². The van der Waals surface area contributed by atoms with Gasteiger partial charge in [-0.1, -0.05) is 12.1 Å². The van der Waals surface area contributed by atoms with E-state index in [1.54, 1.807) is 11.0 Å². The van der Waals surface area contributed by atoms with Gasteiger partial charge in [0.15, 0.2) is 5.78 Å². The van der Waals surface area contributed by atoms with Crippen LogP contribution in [0.2, 0.25) is 0 Å². The van der Waals surface area contributed by atoms with E-state index in [4.69, 9.17) is 4.74 Å². The van der Waals surface area contributed by atoms with Gasteiger partial charge in [0.2, 0.25) is 0 Å². The fraction of sp³-hybridized carbons (Fsp3) is 0.263. The van der Waals surface area contributed by atoms with Crippen molar-refractivity contribution in [2.24, 2.45) is 0 Å². The Kier molecular flexibility index (Phi) is 3.83. The first-order chi connectivity index (χ1) is 11.6. The Morgan fingerprint density at radius 2 is 1.88 bits per heavy atom. The number of Topliss-reactive ketones (excluding diaryl/α,β-unsaturated/α-hetero) is 1. The monoisotopic (exact) mass is 433 g/mol. The minimum atomic E-state index is -0.579. The number of carbonyl (C=O) groups excluding carboxylic acids is 2. The fourth-order valence-corrected chi connectivity index (χ4v) is 3.82. The third-order valence-electron chi connectivity index (χ3n) is 4.69. The zero-order valence-corrected chi connectivity index (χ0v) is 15.2. The number of ether oxygens (including phenoxy) is 1. The lowest BCUT2D eigenvalue weighted by molar-refractivity contribution is 0.0428. The minimum Gasteiger partial charge on any atom is -0.484 e. The Bertz CT molecular complexity index is 818. The molecule has 1 unspecified atom stereocenters. The predicted molar refractivity (Wildman–Crippen MR) is 98.4 cm³/mol. The highest BCUT2D eigenvalue weighted by Crippen LogP contribution is 2.38. The number of likely N-dealkylation sites (tertiary alicyclic amines) is 1. The second-order valence-electron chi connectivity index (χ2n) is 6.36. The Labute approximate surface area is 153 Å². The van der Waals surface area contributed by atoms with Crippen LogP contribution in [0.4, 0.5) is 0 Å². The van der Waals surface area contributed by atoms with Crippen LogP contribution < -0.4 is 4.74 Å². The molecule has 0 aliphatic carbocycles. The first kappa shape index (κ1) is 15.6. The van der Waals surface area contributed by atoms with Crippen LogP contribution in [0, 0.1) is 3.57 Å². The lowest BCUT2D eigenvalue weighted by Gasteiger charge is -2.34. The Balaban J connectivity index is 1.55. The molecule has 5 heteroatoms. The number of halogens is 1. The molecular weight excluding hydrogens is 417 g/mol. The zero-order valence-electron chi connectivity index (χ0n) is 13.0. The third-order valence-corrected chi connectivity index (χ3v) is 5.41. The van der Waals surface area contributed by atoms with Crippen LogP contribution in [0.3, 0.4) is 0 Å². The average Bonchev–Trinajstić information content (AvgIpc) is 2.98. The molecule has 2 heterocycles. The summed E-state index contributed by atoms with van der Waals surface area (Å²) in [6, 6.07) is 14.9. The van der Waals surface area contributed by atoms with Crippen molar-refractivity contribution >= 4 is 34.3 Å². The van der Waals surface area contributed by atoms with Gasteiger partial charge in [0.1, 0.15) is 11.4 Å². The second kappa shape index (κ2) is 5.88. The van der Waals surface area contributed by atoms with Crippen LogP contribution >= 0.6 is 22.6 Å². The predicted octanol–water partition coefficient (Wildman–Crippen LogP) is 3.54. The van der Waals surface area contributed by atoms with Gasteiger partial charge in [0.05, 0.1) is 18.5 Å². The number of para-hydroxylation sites is 1. The van der Waals surface area contributed by atoms with Crippen molar-refractivity contribution in [1.29, 1.82) is 0 Å². The fourth-order valence-electron chi connectivity index (χ4n) is 3.46. The molecule has 2 aliphatic rings. The molecule has 0 saturated carbocycles. The molecule has 0 aromatic heterocycles. The van der Waals surface area contributed by atoms with Crippen molar-refractivity contribution in [3.8, 4) is 5.75 Å². The summed E-state index contributed by atoms with van der Waals surface area (Å²) in [5.41, 5.74) is 0.741. The summed E-state index contributed by atoms with van der Waals surface area (Å²) in [7, 11) is 0. The molecule has 1 fully saturated rings. The van der Waals surface area contributed by atoms with Gasteiger partial charge in [0.25, 0.3) is 5.91 Å². The molecule has 1 saturated heterocycles. The van der Waals surface area contributed by atoms with Crippen LogP contribution in [0.15, 0.2) is 48.5 Å². The molecule has 0 N–H and O–H groups in total. The number of ketones is 1. The molecule has 2 aromatic rings. The average molecular weight is 433 g/mol. The number of benzene rings is 2. The molecule has 122 valence electrons. The van der Waals surface area contributed by atoms with E-state index in [0.29, 0.717) is 42.8 Å². The van der Waals surface area contributed by atoms with Gasteiger partial charge < -0.3 is 9.64 Å². The first-order valence-electron chi connectivity index (χ1n) is 7.92. The third kappa shape index (κ3) is 2.70. The van der Waals surface area contributed by atoms with E-state index in [2.05, 4.69) is 22.6 Å². The van der Waals surface area contributed by atoms with E-state index in [-0.39, 0.29) is 11.7 Å². The second-order valence-corrected chi connectivity index (χ2v) is 7.61. The molecule has 24 heavy (non-hydrogen) atoms. The summed E-state index contributed by atoms with van der Waals surface area (Å²) in [5, 5.41) is 0. The molecule has 1 spiro atoms. The van der Waals surface area contributed by atoms with Crippen LogP contribution in [-0.2, 0) is 0 Å². The number of rotatable bonds is 1. The largest absolute Gasteiger partial charge is 0.484 e. The van der Waals surface area contributed by atoms with E-state index < -0.39 is 5.60 Å². The van der Waals surface area contributed by atoms with Crippen molar-refractivity contribution in [2.75, 3.05) is 13.1 Å². The summed E-state index contributed by atoms with van der Waals surface area (Å²) < 4.78 is 7.27. The SMILES string of the molecule is O=C1CC2(CCN(C(=O)c3ccc(I)cc3)C2)Oc2ccccc21. The maximum absolute atomic E-state index is 12.7. The Morgan fingerprint density at radius 1 is 1.12 bits per heavy atom. The van der Waals surface area contributed by atoms with Crippen molar-refractivity contribution in [3.05, 3.63) is 63.2 Å². The number of hydrogen-bond donors (Lipinski definition) is 0. The zero-order chi connectivity index (χ0) is 16.7. The standard InChI is InChI=1S/C19H16INO3/c20-14-7-5-13(6-8-14)18(23)21-10-9-19(12-21)11-16(22)15-3-1-2-4-17(15)24-19/h1-8H,9-12H2. The summed E-state index contributed by atoms with van der Waals surface area (Å²) in [6.07, 6.45) is 1.02. The number of fused-ring (bicyclic) bond motifs is 1. The molecule has 0 bridgehead atoms. The van der Waals surface area contributed by atoms with Crippen molar-refractivity contribution in [3.63, 3.8) is 0 Å². The van der Waals surface area contributed by atoms with E-state index in [9.17, 15) is 9.59 Å². The van der Waals surface area contributed by atoms with Gasteiger partial charge in [-0.05, 0) is 59.0 Å². The first-order valence-corrected chi connectivity index (χ1v) is 9.00. The van der Waals surface area contributed by atoms with Gasteiger partial charge in [-0.3, -0.25) is 9.59 Å². The highest BCUT2D eigenvalue weighted by molar-refractivity contribution is 14.1. The summed E-state index contributed by atoms with van der Waals surface area (Å²) in [6.45, 7) is 1.07. The Hall–Kier alpha value is -1.89. The highest BCUT2D eigenvalue weighted by Gasteiger charge is 2.46. The van der Waals surface area contributed by atoms with Crippen molar-refractivity contribution in [2.45, 2.75) is 18.4 Å². The lowest BCUT2D eigenvalue weighted by atomic mass is 9.89. The number of carbonyl (C=O) groups is 2. The summed E-state index contributed by atoms with van der Waals surface area (Å²) in [4.78, 5) is 26.9. The molecular formula is C19H16INO3. The summed E-state index contributed by atoms with van der Waals surface area (Å²) >= 11 is 2.22. The molecule has 4 nitrogen and oxygen atoms in total. The van der Waals surface area contributed by atoms with Gasteiger partial charge in [-0.15, -0.1) is 0 Å². The van der Waals surface area contributed by atoms with Gasteiger partial charge in [-0.2, -0.15) is 0 Å². The van der Waals surface area contributed by atoms with E-state index >= 15 is 0 Å². The van der Waals surface area contributed by atoms with Gasteiger partial charge in [-0.25, -0.2) is 0 Å². The molecule has 2 aromatic carbocycles. The maximum Gasteiger partial charge on any atom is 0.253 e. The van der Waals surface area contributed by atoms with Crippen molar-refractivity contribution in [1.82, 2.24) is 4.90 Å². The molecule has 2 aliphatic heterocycles. The van der Waals surface area contributed by atoms with Crippen LogP contribution in [0.1, 0.15) is 33.6 Å². The Morgan fingerprint density at radius 3 is 2.67 bits per heavy atom. The molecule has 0 radical (unpaired) electrons. The quantitative estimate of drug-likeness (QED) is 0.647. The number of hydrogen-bond acceptors (Lipinski definition) is 3. The smallest absolute Gasteiger partial charge is 0.253 e. The number of amides is 1. The minimum absolute atomic E-state index is 0.00168. The van der Waals surface area contributed by atoms with Crippen LogP contribution in [0.5, 0.6) is 5.75 Å². The number of nitrogens with zero attached hydrogens (tertiary/aromatic N) is 1. The van der Waals surface area contributed by atoms with E-state index in [1.165, 1.54) is 0 Å². The maximum atomic E-state index is 12.7.